The van der Waals surface area contributed by atoms with Crippen molar-refractivity contribution in [2.75, 3.05) is 6.61 Å². The van der Waals surface area contributed by atoms with Gasteiger partial charge in [-0.1, -0.05) is 20.8 Å². The van der Waals surface area contributed by atoms with Gasteiger partial charge in [-0.2, -0.15) is 4.89 Å². The lowest BCUT2D eigenvalue weighted by atomic mass is 10.2. The summed E-state index contributed by atoms with van der Waals surface area (Å²) >= 11 is 0. The highest BCUT2D eigenvalue weighted by atomic mass is 17.2. The largest absolute Gasteiger partial charge is 0.477 e. The Morgan fingerprint density at radius 3 is 2.06 bits per heavy atom. The third-order valence-corrected chi connectivity index (χ3v) is 1.87. The number of carboxylic acids is 1. The predicted octanol–water partition coefficient (Wildman–Crippen LogP) is 2.60. The first kappa shape index (κ1) is 16.4. The molecule has 0 rings (SSSR count). The highest BCUT2D eigenvalue weighted by molar-refractivity contribution is 5.75. The van der Waals surface area contributed by atoms with Gasteiger partial charge >= 0.3 is 5.97 Å². The monoisotopic (exact) mass is 248 g/mol. The summed E-state index contributed by atoms with van der Waals surface area (Å²) in [4.78, 5) is 21.4. The number of rotatable bonds is 7. The molecule has 1 N–H and O–H groups in total. The standard InChI is InChI=1S/C12H24O5/c1-7-12(10(13)14,15-8-9(2)3)17-16-11(4,5)6/h9H,7-8H2,1-6H3,(H,13,14). The number of aliphatic carboxylic acids is 1. The molecule has 102 valence electrons. The van der Waals surface area contributed by atoms with E-state index in [0.29, 0.717) is 6.61 Å². The maximum atomic E-state index is 11.3. The van der Waals surface area contributed by atoms with Crippen LogP contribution < -0.4 is 0 Å². The molecular formula is C12H24O5. The van der Waals surface area contributed by atoms with E-state index >= 15 is 0 Å². The highest BCUT2D eigenvalue weighted by Gasteiger charge is 2.42. The van der Waals surface area contributed by atoms with Crippen LogP contribution in [-0.2, 0) is 19.3 Å². The number of carbonyl (C=O) groups is 1. The van der Waals surface area contributed by atoms with Crippen LogP contribution in [0.1, 0.15) is 48.0 Å². The Bertz CT molecular complexity index is 244. The van der Waals surface area contributed by atoms with Gasteiger partial charge in [0, 0.05) is 6.42 Å². The summed E-state index contributed by atoms with van der Waals surface area (Å²) in [6, 6.07) is 0. The summed E-state index contributed by atoms with van der Waals surface area (Å²) in [5.74, 6) is -2.68. The molecule has 0 amide bonds. The van der Waals surface area contributed by atoms with Crippen molar-refractivity contribution in [3.63, 3.8) is 0 Å². The first-order valence-corrected chi connectivity index (χ1v) is 5.87. The van der Waals surface area contributed by atoms with Crippen LogP contribution in [0.15, 0.2) is 0 Å². The van der Waals surface area contributed by atoms with Gasteiger partial charge < -0.3 is 9.84 Å². The zero-order chi connectivity index (χ0) is 13.7. The second-order valence-corrected chi connectivity index (χ2v) is 5.40. The van der Waals surface area contributed by atoms with E-state index in [9.17, 15) is 9.90 Å². The molecule has 5 nitrogen and oxygen atoms in total. The minimum Gasteiger partial charge on any atom is -0.477 e. The molecule has 0 aromatic carbocycles. The third kappa shape index (κ3) is 6.00. The molecular weight excluding hydrogens is 224 g/mol. The maximum Gasteiger partial charge on any atom is 0.367 e. The summed E-state index contributed by atoms with van der Waals surface area (Å²) in [6.45, 7) is 11.2. The smallest absolute Gasteiger partial charge is 0.367 e. The minimum absolute atomic E-state index is 0.172. The van der Waals surface area contributed by atoms with E-state index in [1.165, 1.54) is 0 Å². The van der Waals surface area contributed by atoms with Gasteiger partial charge in [0.2, 0.25) is 0 Å². The summed E-state index contributed by atoms with van der Waals surface area (Å²) in [5, 5.41) is 9.20. The zero-order valence-electron chi connectivity index (χ0n) is 11.6. The van der Waals surface area contributed by atoms with E-state index in [4.69, 9.17) is 14.5 Å². The number of carboxylic acid groups (broad SMARTS) is 1. The minimum atomic E-state index is -1.72. The van der Waals surface area contributed by atoms with Gasteiger partial charge in [0.15, 0.2) is 0 Å². The molecule has 0 saturated carbocycles. The molecule has 5 heteroatoms. The Balaban J connectivity index is 4.65. The van der Waals surface area contributed by atoms with Crippen LogP contribution in [0.4, 0.5) is 0 Å². The molecule has 17 heavy (non-hydrogen) atoms. The lowest BCUT2D eigenvalue weighted by Crippen LogP contribution is -2.46. The summed E-state index contributed by atoms with van der Waals surface area (Å²) in [5.41, 5.74) is -0.586. The van der Waals surface area contributed by atoms with Crippen LogP contribution in [0.3, 0.4) is 0 Å². The molecule has 1 unspecified atom stereocenters. The molecule has 0 aromatic rings. The van der Waals surface area contributed by atoms with Crippen molar-refractivity contribution in [1.82, 2.24) is 0 Å². The predicted molar refractivity (Wildman–Crippen MR) is 63.4 cm³/mol. The van der Waals surface area contributed by atoms with Crippen molar-refractivity contribution >= 4 is 5.97 Å². The number of hydrogen-bond acceptors (Lipinski definition) is 4. The molecule has 0 aliphatic carbocycles. The average molecular weight is 248 g/mol. The van der Waals surface area contributed by atoms with Crippen LogP contribution in [0.25, 0.3) is 0 Å². The van der Waals surface area contributed by atoms with E-state index < -0.39 is 17.4 Å². The normalized spacial score (nSPS) is 15.9. The Morgan fingerprint density at radius 1 is 1.24 bits per heavy atom. The summed E-state index contributed by atoms with van der Waals surface area (Å²) in [6.07, 6.45) is 0.172. The number of ether oxygens (including phenoxy) is 1. The Kier molecular flexibility index (Phi) is 6.09. The average Bonchev–Trinajstić information content (AvgIpc) is 2.16. The van der Waals surface area contributed by atoms with Gasteiger partial charge in [0.05, 0.1) is 12.2 Å². The molecule has 0 aliphatic heterocycles. The van der Waals surface area contributed by atoms with E-state index in [0.717, 1.165) is 0 Å². The van der Waals surface area contributed by atoms with Crippen molar-refractivity contribution in [2.24, 2.45) is 5.92 Å². The fourth-order valence-corrected chi connectivity index (χ4v) is 0.927. The third-order valence-electron chi connectivity index (χ3n) is 1.87. The number of hydrogen-bond donors (Lipinski definition) is 1. The lowest BCUT2D eigenvalue weighted by molar-refractivity contribution is -0.448. The summed E-state index contributed by atoms with van der Waals surface area (Å²) in [7, 11) is 0. The second-order valence-electron chi connectivity index (χ2n) is 5.40. The van der Waals surface area contributed by atoms with Crippen molar-refractivity contribution in [2.45, 2.75) is 59.4 Å². The van der Waals surface area contributed by atoms with E-state index in [2.05, 4.69) is 0 Å². The molecule has 0 saturated heterocycles. The van der Waals surface area contributed by atoms with Gasteiger partial charge in [-0.15, -0.1) is 0 Å². The lowest BCUT2D eigenvalue weighted by Gasteiger charge is -2.30. The first-order chi connectivity index (χ1) is 7.63. The van der Waals surface area contributed by atoms with Gasteiger partial charge in [0.25, 0.3) is 5.79 Å². The topological polar surface area (TPSA) is 65.0 Å². The van der Waals surface area contributed by atoms with Crippen LogP contribution in [-0.4, -0.2) is 29.1 Å². The first-order valence-electron chi connectivity index (χ1n) is 5.87. The van der Waals surface area contributed by atoms with E-state index in [1.54, 1.807) is 27.7 Å². The van der Waals surface area contributed by atoms with Gasteiger partial charge in [0.1, 0.15) is 0 Å². The molecule has 0 aromatic heterocycles. The maximum absolute atomic E-state index is 11.3. The Morgan fingerprint density at radius 2 is 1.76 bits per heavy atom. The van der Waals surface area contributed by atoms with E-state index in [-0.39, 0.29) is 12.3 Å². The fourth-order valence-electron chi connectivity index (χ4n) is 0.927. The Labute approximate surface area is 103 Å². The molecule has 0 heterocycles. The van der Waals surface area contributed by atoms with Gasteiger partial charge in [-0.25, -0.2) is 9.68 Å². The van der Waals surface area contributed by atoms with Crippen molar-refractivity contribution < 1.29 is 24.4 Å². The van der Waals surface area contributed by atoms with Crippen molar-refractivity contribution in [3.05, 3.63) is 0 Å². The van der Waals surface area contributed by atoms with Gasteiger partial charge in [-0.05, 0) is 26.7 Å². The quantitative estimate of drug-likeness (QED) is 0.426. The molecule has 0 spiro atoms. The van der Waals surface area contributed by atoms with Crippen molar-refractivity contribution in [3.8, 4) is 0 Å². The van der Waals surface area contributed by atoms with Crippen LogP contribution in [0.5, 0.6) is 0 Å². The zero-order valence-corrected chi connectivity index (χ0v) is 11.6. The Hall–Kier alpha value is -0.650. The van der Waals surface area contributed by atoms with Crippen LogP contribution in [0, 0.1) is 5.92 Å². The molecule has 0 radical (unpaired) electrons. The van der Waals surface area contributed by atoms with Crippen molar-refractivity contribution in [1.29, 1.82) is 0 Å². The summed E-state index contributed by atoms with van der Waals surface area (Å²) < 4.78 is 5.35. The SMILES string of the molecule is CCC(OCC(C)C)(OOC(C)(C)C)C(=O)O. The van der Waals surface area contributed by atoms with E-state index in [1.807, 2.05) is 13.8 Å². The van der Waals surface area contributed by atoms with Crippen LogP contribution >= 0.6 is 0 Å². The molecule has 0 bridgehead atoms. The molecule has 0 fully saturated rings. The fraction of sp³-hybridized carbons (Fsp3) is 0.917. The molecule has 0 aliphatic rings. The highest BCUT2D eigenvalue weighted by Crippen LogP contribution is 2.23. The van der Waals surface area contributed by atoms with Crippen LogP contribution in [0.2, 0.25) is 0 Å². The van der Waals surface area contributed by atoms with Gasteiger partial charge in [-0.3, -0.25) is 0 Å². The second kappa shape index (κ2) is 6.33. The molecule has 1 atom stereocenters.